The van der Waals surface area contributed by atoms with Crippen molar-refractivity contribution in [1.82, 2.24) is 10.3 Å². The molecule has 17 heavy (non-hydrogen) atoms. The minimum Gasteiger partial charge on any atom is -0.394 e. The van der Waals surface area contributed by atoms with Crippen LogP contribution in [-0.2, 0) is 0 Å². The lowest BCUT2D eigenvalue weighted by atomic mass is 10.1. The molecule has 0 aliphatic rings. The molecule has 0 saturated heterocycles. The van der Waals surface area contributed by atoms with Crippen LogP contribution in [-0.4, -0.2) is 28.6 Å². The number of rotatable bonds is 4. The van der Waals surface area contributed by atoms with Crippen LogP contribution in [0.5, 0.6) is 0 Å². The molecule has 1 heterocycles. The van der Waals surface area contributed by atoms with E-state index in [9.17, 15) is 9.59 Å². The van der Waals surface area contributed by atoms with E-state index in [1.54, 1.807) is 13.0 Å². The first-order valence-corrected chi connectivity index (χ1v) is 5.57. The van der Waals surface area contributed by atoms with Crippen molar-refractivity contribution in [3.8, 4) is 0 Å². The Hall–Kier alpha value is -1.62. The SMILES string of the molecule is Cc1ccc(C(=O)N[C@H](CO)C(C)C)c(=O)[nH]1. The number of hydrogen-bond acceptors (Lipinski definition) is 3. The molecule has 5 nitrogen and oxygen atoms in total. The van der Waals surface area contributed by atoms with Crippen LogP contribution in [0.3, 0.4) is 0 Å². The summed E-state index contributed by atoms with van der Waals surface area (Å²) in [7, 11) is 0. The highest BCUT2D eigenvalue weighted by Crippen LogP contribution is 2.02. The summed E-state index contributed by atoms with van der Waals surface area (Å²) < 4.78 is 0. The maximum absolute atomic E-state index is 11.8. The Bertz CT molecular complexity index is 451. The number of hydrogen-bond donors (Lipinski definition) is 3. The van der Waals surface area contributed by atoms with E-state index < -0.39 is 11.5 Å². The average Bonchev–Trinajstić information content (AvgIpc) is 2.24. The largest absolute Gasteiger partial charge is 0.394 e. The number of carbonyl (C=O) groups excluding carboxylic acids is 1. The van der Waals surface area contributed by atoms with Crippen molar-refractivity contribution >= 4 is 5.91 Å². The van der Waals surface area contributed by atoms with E-state index >= 15 is 0 Å². The van der Waals surface area contributed by atoms with E-state index in [1.165, 1.54) is 6.07 Å². The summed E-state index contributed by atoms with van der Waals surface area (Å²) in [5.41, 5.74) is 0.353. The zero-order chi connectivity index (χ0) is 13.0. The van der Waals surface area contributed by atoms with Gasteiger partial charge in [-0.2, -0.15) is 0 Å². The van der Waals surface area contributed by atoms with Gasteiger partial charge in [0.2, 0.25) is 0 Å². The first kappa shape index (κ1) is 13.4. The van der Waals surface area contributed by atoms with Gasteiger partial charge in [-0.25, -0.2) is 0 Å². The molecule has 0 fully saturated rings. The number of aliphatic hydroxyl groups is 1. The number of aliphatic hydroxyl groups excluding tert-OH is 1. The standard InChI is InChI=1S/C12H18N2O3/c1-7(2)10(6-15)14-12(17)9-5-4-8(3)13-11(9)16/h4-5,7,10,15H,6H2,1-3H3,(H,13,16)(H,14,17)/t10-/m1/s1. The van der Waals surface area contributed by atoms with Crippen LogP contribution in [0.15, 0.2) is 16.9 Å². The summed E-state index contributed by atoms with van der Waals surface area (Å²) >= 11 is 0. The fourth-order valence-electron chi connectivity index (χ4n) is 1.42. The Balaban J connectivity index is 2.86. The second-order valence-corrected chi connectivity index (χ2v) is 4.39. The molecule has 1 amide bonds. The maximum Gasteiger partial charge on any atom is 0.260 e. The van der Waals surface area contributed by atoms with Gasteiger partial charge in [0.15, 0.2) is 0 Å². The summed E-state index contributed by atoms with van der Waals surface area (Å²) in [6, 6.07) is 2.81. The first-order valence-electron chi connectivity index (χ1n) is 5.57. The van der Waals surface area contributed by atoms with Gasteiger partial charge in [0.25, 0.3) is 11.5 Å². The number of pyridine rings is 1. The number of H-pyrrole nitrogens is 1. The van der Waals surface area contributed by atoms with Crippen LogP contribution >= 0.6 is 0 Å². The number of aromatic amines is 1. The highest BCUT2D eigenvalue weighted by Gasteiger charge is 2.17. The van der Waals surface area contributed by atoms with Gasteiger partial charge in [0.1, 0.15) is 5.56 Å². The van der Waals surface area contributed by atoms with E-state index in [-0.39, 0.29) is 24.1 Å². The summed E-state index contributed by atoms with van der Waals surface area (Å²) in [6.45, 7) is 5.38. The Morgan fingerprint density at radius 2 is 2.12 bits per heavy atom. The molecule has 0 aliphatic carbocycles. The van der Waals surface area contributed by atoms with Crippen molar-refractivity contribution in [3.05, 3.63) is 33.7 Å². The fourth-order valence-corrected chi connectivity index (χ4v) is 1.42. The molecule has 0 radical (unpaired) electrons. The number of aromatic nitrogens is 1. The van der Waals surface area contributed by atoms with Gasteiger partial charge >= 0.3 is 0 Å². The second kappa shape index (κ2) is 5.63. The number of nitrogens with one attached hydrogen (secondary N) is 2. The molecule has 1 aromatic heterocycles. The molecule has 0 saturated carbocycles. The molecule has 94 valence electrons. The van der Waals surface area contributed by atoms with Crippen LogP contribution in [0.1, 0.15) is 29.9 Å². The molecular weight excluding hydrogens is 220 g/mol. The zero-order valence-corrected chi connectivity index (χ0v) is 10.3. The minimum absolute atomic E-state index is 0.0645. The Morgan fingerprint density at radius 3 is 2.59 bits per heavy atom. The van der Waals surface area contributed by atoms with Gasteiger partial charge < -0.3 is 15.4 Å². The normalized spacial score (nSPS) is 12.5. The molecule has 0 bridgehead atoms. The van der Waals surface area contributed by atoms with Gasteiger partial charge in [-0.3, -0.25) is 9.59 Å². The fraction of sp³-hybridized carbons (Fsp3) is 0.500. The van der Waals surface area contributed by atoms with Gasteiger partial charge in [0, 0.05) is 5.69 Å². The van der Waals surface area contributed by atoms with Crippen molar-refractivity contribution in [1.29, 1.82) is 0 Å². The molecule has 0 spiro atoms. The van der Waals surface area contributed by atoms with Crippen molar-refractivity contribution in [2.75, 3.05) is 6.61 Å². The lowest BCUT2D eigenvalue weighted by Gasteiger charge is -2.19. The van der Waals surface area contributed by atoms with Crippen LogP contribution in [0.2, 0.25) is 0 Å². The quantitative estimate of drug-likeness (QED) is 0.711. The van der Waals surface area contributed by atoms with Gasteiger partial charge in [0.05, 0.1) is 12.6 Å². The van der Waals surface area contributed by atoms with Crippen molar-refractivity contribution in [2.45, 2.75) is 26.8 Å². The van der Waals surface area contributed by atoms with Crippen LogP contribution in [0.4, 0.5) is 0 Å². The zero-order valence-electron chi connectivity index (χ0n) is 10.3. The van der Waals surface area contributed by atoms with E-state index in [0.717, 1.165) is 0 Å². The third kappa shape index (κ3) is 3.42. The van der Waals surface area contributed by atoms with Crippen LogP contribution in [0.25, 0.3) is 0 Å². The summed E-state index contributed by atoms with van der Waals surface area (Å²) in [5, 5.41) is 11.7. The molecule has 3 N–H and O–H groups in total. The summed E-state index contributed by atoms with van der Waals surface area (Å²) in [4.78, 5) is 25.9. The predicted molar refractivity (Wildman–Crippen MR) is 65.0 cm³/mol. The summed E-state index contributed by atoms with van der Waals surface area (Å²) in [6.07, 6.45) is 0. The third-order valence-electron chi connectivity index (χ3n) is 2.62. The van der Waals surface area contributed by atoms with E-state index in [0.29, 0.717) is 5.69 Å². The van der Waals surface area contributed by atoms with Crippen LogP contribution in [0, 0.1) is 12.8 Å². The molecule has 0 unspecified atom stereocenters. The smallest absolute Gasteiger partial charge is 0.260 e. The summed E-state index contributed by atoms with van der Waals surface area (Å²) in [5.74, 6) is -0.354. The van der Waals surface area contributed by atoms with Crippen molar-refractivity contribution < 1.29 is 9.90 Å². The molecular formula is C12H18N2O3. The highest BCUT2D eigenvalue weighted by atomic mass is 16.3. The van der Waals surface area contributed by atoms with E-state index in [4.69, 9.17) is 5.11 Å². The first-order chi connectivity index (χ1) is 7.95. The molecule has 5 heteroatoms. The van der Waals surface area contributed by atoms with E-state index in [1.807, 2.05) is 13.8 Å². The Labute approximate surface area is 99.9 Å². The lowest BCUT2D eigenvalue weighted by molar-refractivity contribution is 0.0895. The number of aryl methyl sites for hydroxylation is 1. The topological polar surface area (TPSA) is 82.2 Å². The molecule has 1 atom stereocenters. The lowest BCUT2D eigenvalue weighted by Crippen LogP contribution is -2.42. The molecule has 1 rings (SSSR count). The number of carbonyl (C=O) groups is 1. The van der Waals surface area contributed by atoms with Gasteiger partial charge in [-0.05, 0) is 25.0 Å². The third-order valence-corrected chi connectivity index (χ3v) is 2.62. The number of amides is 1. The maximum atomic E-state index is 11.8. The van der Waals surface area contributed by atoms with Gasteiger partial charge in [-0.1, -0.05) is 13.8 Å². The Kier molecular flexibility index (Phi) is 4.45. The van der Waals surface area contributed by atoms with Crippen LogP contribution < -0.4 is 10.9 Å². The highest BCUT2D eigenvalue weighted by molar-refractivity contribution is 5.94. The monoisotopic (exact) mass is 238 g/mol. The Morgan fingerprint density at radius 1 is 1.47 bits per heavy atom. The minimum atomic E-state index is -0.459. The predicted octanol–water partition coefficient (Wildman–Crippen LogP) is 0.430. The van der Waals surface area contributed by atoms with Gasteiger partial charge in [-0.15, -0.1) is 0 Å². The average molecular weight is 238 g/mol. The van der Waals surface area contributed by atoms with Crippen molar-refractivity contribution in [3.63, 3.8) is 0 Å². The van der Waals surface area contributed by atoms with Crippen molar-refractivity contribution in [2.24, 2.45) is 5.92 Å². The van der Waals surface area contributed by atoms with E-state index in [2.05, 4.69) is 10.3 Å². The molecule has 1 aromatic rings. The molecule has 0 aliphatic heterocycles. The molecule has 0 aromatic carbocycles. The second-order valence-electron chi connectivity index (χ2n) is 4.39.